The van der Waals surface area contributed by atoms with Crippen molar-refractivity contribution < 1.29 is 169 Å². The first-order chi connectivity index (χ1) is 26.8. The molecule has 0 saturated carbocycles. The van der Waals surface area contributed by atoms with Crippen molar-refractivity contribution >= 4 is 11.9 Å². The summed E-state index contributed by atoms with van der Waals surface area (Å²) >= 11 is 0. The summed E-state index contributed by atoms with van der Waals surface area (Å²) in [5, 5.41) is 17.7. The summed E-state index contributed by atoms with van der Waals surface area (Å²) in [6.45, 7) is 0. The summed E-state index contributed by atoms with van der Waals surface area (Å²) in [7, 11) is 0. The Morgan fingerprint density at radius 3 is 0.667 bits per heavy atom. The summed E-state index contributed by atoms with van der Waals surface area (Å²) in [4.78, 5) is 22.3. The smallest absolute Gasteiger partial charge is 0.460 e. The van der Waals surface area contributed by atoms with Gasteiger partial charge in [-0.2, -0.15) is 149 Å². The van der Waals surface area contributed by atoms with Gasteiger partial charge in [0, 0.05) is 18.4 Å². The SMILES string of the molecule is O=C(O)CC(C(=O)O)=C(CCC(F)(F)C(F)(F)C(F)(F)C(F)(F)C(F)(F)C(F)(F)C(F)(F)C(F)(F)F)CCC(F)(F)C(F)(F)C(F)(F)C(F)(F)C(F)(F)C(F)(F)C(F)(F)C(F)(F)F. The zero-order valence-electron chi connectivity index (χ0n) is 28.1. The molecule has 0 unspecified atom stereocenters. The molecule has 0 aromatic carbocycles. The van der Waals surface area contributed by atoms with Gasteiger partial charge in [-0.25, -0.2) is 4.79 Å². The second-order valence-electron chi connectivity index (χ2n) is 12.3. The number of alkyl halides is 34. The van der Waals surface area contributed by atoms with Gasteiger partial charge in [0.2, 0.25) is 0 Å². The molecule has 0 aliphatic carbocycles. The molecule has 2 N–H and O–H groups in total. The van der Waals surface area contributed by atoms with Gasteiger partial charge < -0.3 is 10.2 Å². The topological polar surface area (TPSA) is 74.6 Å². The quantitative estimate of drug-likeness (QED) is 0.0887. The van der Waals surface area contributed by atoms with E-state index >= 15 is 0 Å². The molecule has 0 heterocycles. The van der Waals surface area contributed by atoms with E-state index in [-0.39, 0.29) is 0 Å². The Morgan fingerprint density at radius 1 is 0.302 bits per heavy atom. The van der Waals surface area contributed by atoms with Crippen molar-refractivity contribution in [3.63, 3.8) is 0 Å². The zero-order valence-corrected chi connectivity index (χ0v) is 28.1. The first-order valence-electron chi connectivity index (χ1n) is 14.4. The molecule has 0 spiro atoms. The van der Waals surface area contributed by atoms with E-state index in [1.165, 1.54) is 0 Å². The Hall–Kier alpha value is -3.70. The van der Waals surface area contributed by atoms with Crippen LogP contribution in [0.15, 0.2) is 11.1 Å². The van der Waals surface area contributed by atoms with Crippen molar-refractivity contribution in [3.8, 4) is 0 Å². The van der Waals surface area contributed by atoms with Gasteiger partial charge in [-0.05, 0) is 12.8 Å². The monoisotopic (exact) mass is 1020 g/mol. The molecule has 63 heavy (non-hydrogen) atoms. The molecule has 0 fully saturated rings. The highest BCUT2D eigenvalue weighted by atomic mass is 19.4. The lowest BCUT2D eigenvalue weighted by Gasteiger charge is -2.43. The van der Waals surface area contributed by atoms with Gasteiger partial charge in [0.05, 0.1) is 6.42 Å². The minimum atomic E-state index is -9.27. The van der Waals surface area contributed by atoms with Crippen LogP contribution in [0.3, 0.4) is 0 Å². The van der Waals surface area contributed by atoms with Crippen LogP contribution in [0.1, 0.15) is 32.1 Å². The van der Waals surface area contributed by atoms with E-state index in [1.807, 2.05) is 0 Å². The number of carboxylic acids is 2. The van der Waals surface area contributed by atoms with Crippen LogP contribution in [-0.4, -0.2) is 117 Å². The highest BCUT2D eigenvalue weighted by Crippen LogP contribution is 2.66. The summed E-state index contributed by atoms with van der Waals surface area (Å²) in [6, 6.07) is 0. The second-order valence-corrected chi connectivity index (χ2v) is 12.3. The molecule has 0 amide bonds. The molecule has 0 bridgehead atoms. The first-order valence-corrected chi connectivity index (χ1v) is 14.4. The average Bonchev–Trinajstić information content (AvgIpc) is 3.04. The maximum absolute atomic E-state index is 14.4. The fraction of sp³-hybridized carbons (Fsp3) is 0.840. The van der Waals surface area contributed by atoms with Crippen LogP contribution in [0.2, 0.25) is 0 Å². The number of hydrogen-bond acceptors (Lipinski definition) is 2. The van der Waals surface area contributed by atoms with Gasteiger partial charge in [-0.3, -0.25) is 4.79 Å². The predicted molar refractivity (Wildman–Crippen MR) is 127 cm³/mol. The Labute approximate surface area is 320 Å². The highest BCUT2D eigenvalue weighted by Gasteiger charge is 2.97. The number of hydrogen-bond donors (Lipinski definition) is 2. The van der Waals surface area contributed by atoms with E-state index in [4.69, 9.17) is 10.2 Å². The fourth-order valence-electron chi connectivity index (χ4n) is 4.25. The number of carboxylic acid groups (broad SMARTS) is 2. The third-order valence-corrected chi connectivity index (χ3v) is 8.07. The maximum Gasteiger partial charge on any atom is 0.460 e. The third kappa shape index (κ3) is 8.63. The van der Waals surface area contributed by atoms with E-state index in [0.717, 1.165) is 0 Å². The number of rotatable bonds is 21. The molecular weight excluding hydrogens is 1010 g/mol. The van der Waals surface area contributed by atoms with Crippen LogP contribution in [0.4, 0.5) is 149 Å². The van der Waals surface area contributed by atoms with Gasteiger partial charge in [0.15, 0.2) is 0 Å². The van der Waals surface area contributed by atoms with Gasteiger partial charge in [-0.15, -0.1) is 0 Å². The van der Waals surface area contributed by atoms with Crippen LogP contribution in [0, 0.1) is 0 Å². The number of aliphatic carboxylic acids is 2. The maximum atomic E-state index is 14.4. The van der Waals surface area contributed by atoms with Crippen LogP contribution < -0.4 is 0 Å². The second kappa shape index (κ2) is 16.0. The van der Waals surface area contributed by atoms with E-state index in [9.17, 15) is 159 Å². The van der Waals surface area contributed by atoms with E-state index < -0.39 is 150 Å². The lowest BCUT2D eigenvalue weighted by molar-refractivity contribution is -0.461. The molecular formula is C25H12F34O4. The minimum absolute atomic E-state index is 2.57. The van der Waals surface area contributed by atoms with Crippen molar-refractivity contribution in [1.29, 1.82) is 0 Å². The lowest BCUT2D eigenvalue weighted by Crippen LogP contribution is -2.74. The molecule has 0 aromatic heterocycles. The lowest BCUT2D eigenvalue weighted by atomic mass is 9.85. The molecule has 374 valence electrons. The number of halogens is 34. The van der Waals surface area contributed by atoms with Gasteiger partial charge in [0.25, 0.3) is 0 Å². The molecule has 38 heteroatoms. The summed E-state index contributed by atoms with van der Waals surface area (Å²) in [6.07, 6.45) is -33.2. The Balaban J connectivity index is 7.44. The average molecular weight is 1020 g/mol. The molecule has 4 nitrogen and oxygen atoms in total. The fourth-order valence-corrected chi connectivity index (χ4v) is 4.25. The molecule has 0 aliphatic rings. The van der Waals surface area contributed by atoms with Crippen molar-refractivity contribution in [1.82, 2.24) is 0 Å². The standard InChI is InChI=1S/C25H12F34O4/c26-10(27,12(30,31)14(34,35)16(38,39)18(42,43)20(46,47)22(50,51)24(54,55)56)3-1-6(7(9(62)63)5-8(60)61)2-4-11(28,29)13(32,33)15(36,37)17(40,41)19(44,45)21(48,49)23(52,53)25(57,58)59/h1-5H2,(H,60,61)(H,62,63). The van der Waals surface area contributed by atoms with Gasteiger partial charge >= 0.3 is 107 Å². The largest absolute Gasteiger partial charge is 0.481 e. The number of allylic oxidation sites excluding steroid dienone is 1. The highest BCUT2D eigenvalue weighted by molar-refractivity contribution is 5.92. The van der Waals surface area contributed by atoms with Crippen molar-refractivity contribution in [2.75, 3.05) is 0 Å². The van der Waals surface area contributed by atoms with E-state index in [0.29, 0.717) is 0 Å². The van der Waals surface area contributed by atoms with E-state index in [2.05, 4.69) is 0 Å². The molecule has 0 aliphatic heterocycles. The molecule has 0 radical (unpaired) electrons. The van der Waals surface area contributed by atoms with Crippen LogP contribution in [-0.2, 0) is 9.59 Å². The van der Waals surface area contributed by atoms with Crippen LogP contribution in [0.5, 0.6) is 0 Å². The minimum Gasteiger partial charge on any atom is -0.481 e. The summed E-state index contributed by atoms with van der Waals surface area (Å²) in [5.41, 5.74) is -5.28. The normalized spacial score (nSPS) is 16.0. The summed E-state index contributed by atoms with van der Waals surface area (Å²) < 4.78 is 460. The molecule has 0 atom stereocenters. The molecule has 0 rings (SSSR count). The van der Waals surface area contributed by atoms with Gasteiger partial charge in [0.1, 0.15) is 0 Å². The Morgan fingerprint density at radius 2 is 0.492 bits per heavy atom. The molecule has 0 saturated heterocycles. The van der Waals surface area contributed by atoms with Crippen molar-refractivity contribution in [2.45, 2.75) is 127 Å². The van der Waals surface area contributed by atoms with Crippen molar-refractivity contribution in [3.05, 3.63) is 11.1 Å². The van der Waals surface area contributed by atoms with E-state index in [1.54, 1.807) is 0 Å². The predicted octanol–water partition coefficient (Wildman–Crippen LogP) is 12.4. The van der Waals surface area contributed by atoms with Crippen LogP contribution >= 0.6 is 0 Å². The zero-order chi connectivity index (χ0) is 51.8. The Kier molecular flexibility index (Phi) is 15.1. The van der Waals surface area contributed by atoms with Gasteiger partial charge in [-0.1, -0.05) is 5.57 Å². The first kappa shape index (κ1) is 59.3. The van der Waals surface area contributed by atoms with Crippen LogP contribution in [0.25, 0.3) is 0 Å². The Bertz CT molecular complexity index is 1610. The third-order valence-electron chi connectivity index (χ3n) is 8.07. The van der Waals surface area contributed by atoms with Crippen molar-refractivity contribution in [2.24, 2.45) is 0 Å². The summed E-state index contributed by atoms with van der Waals surface area (Å²) in [5.74, 6) is -129. The number of carbonyl (C=O) groups is 2. The molecule has 0 aromatic rings.